The zero-order valence-corrected chi connectivity index (χ0v) is 9.47. The third kappa shape index (κ3) is 2.00. The Balaban J connectivity index is 2.50. The van der Waals surface area contributed by atoms with Gasteiger partial charge in [-0.1, -0.05) is 12.1 Å². The molecule has 0 saturated carbocycles. The van der Waals surface area contributed by atoms with Crippen LogP contribution in [0, 0.1) is 0 Å². The van der Waals surface area contributed by atoms with Gasteiger partial charge < -0.3 is 0 Å². The summed E-state index contributed by atoms with van der Waals surface area (Å²) < 4.78 is 0.909. The Hall–Kier alpha value is -1.19. The normalized spacial score (nSPS) is 14.6. The molecule has 3 heteroatoms. The highest BCUT2D eigenvalue weighted by Gasteiger charge is 2.04. The van der Waals surface area contributed by atoms with Crippen LogP contribution >= 0.6 is 22.6 Å². The van der Waals surface area contributed by atoms with Crippen molar-refractivity contribution in [2.75, 3.05) is 0 Å². The molecule has 0 N–H and O–H groups in total. The number of hydrogen-bond acceptors (Lipinski definition) is 2. The molecule has 0 aliphatic carbocycles. The van der Waals surface area contributed by atoms with Crippen molar-refractivity contribution in [3.63, 3.8) is 0 Å². The van der Waals surface area contributed by atoms with Crippen LogP contribution in [0.15, 0.2) is 51.3 Å². The van der Waals surface area contributed by atoms with Gasteiger partial charge in [0.05, 0.1) is 5.69 Å². The molecule has 0 aromatic carbocycles. The molecule has 0 atom stereocenters. The van der Waals surface area contributed by atoms with Crippen molar-refractivity contribution in [1.82, 2.24) is 4.98 Å². The fourth-order valence-electron chi connectivity index (χ4n) is 1.12. The van der Waals surface area contributed by atoms with Crippen molar-refractivity contribution < 1.29 is 0 Å². The van der Waals surface area contributed by atoms with Gasteiger partial charge in [0, 0.05) is 11.8 Å². The van der Waals surface area contributed by atoms with E-state index in [1.54, 1.807) is 12.3 Å². The number of pyridine rings is 1. The van der Waals surface area contributed by atoms with Gasteiger partial charge in [-0.15, -0.1) is 0 Å². The Bertz CT molecular complexity index is 451. The second-order valence-electron chi connectivity index (χ2n) is 2.69. The fraction of sp³-hybridized carbons (Fsp3) is 0. The molecule has 1 aromatic rings. The minimum Gasteiger partial charge on any atom is -0.256 e. The molecule has 2 heterocycles. The van der Waals surface area contributed by atoms with E-state index < -0.39 is 0 Å². The lowest BCUT2D eigenvalue weighted by Crippen LogP contribution is -1.86. The largest absolute Gasteiger partial charge is 0.256 e. The van der Waals surface area contributed by atoms with E-state index in [4.69, 9.17) is 0 Å². The molecule has 2 nitrogen and oxygen atoms in total. The average Bonchev–Trinajstić information content (AvgIpc) is 2.44. The first-order valence-corrected chi connectivity index (χ1v) is 5.23. The number of rotatable bonds is 1. The molecule has 0 unspecified atom stereocenters. The van der Waals surface area contributed by atoms with Crippen molar-refractivity contribution in [2.24, 2.45) is 4.99 Å². The second kappa shape index (κ2) is 4.35. The van der Waals surface area contributed by atoms with Crippen LogP contribution < -0.4 is 0 Å². The second-order valence-corrected chi connectivity index (χ2v) is 3.71. The molecule has 1 aromatic heterocycles. The zero-order valence-electron chi connectivity index (χ0n) is 7.31. The van der Waals surface area contributed by atoms with Crippen LogP contribution in [0.1, 0.15) is 5.69 Å². The SMILES string of the molecule is IC1=C(c2ccccn2)C=CC=C=N1. The lowest BCUT2D eigenvalue weighted by molar-refractivity contribution is 1.28. The molecule has 0 fully saturated rings. The van der Waals surface area contributed by atoms with Gasteiger partial charge in [0.15, 0.2) is 0 Å². The van der Waals surface area contributed by atoms with Crippen LogP contribution in [0.3, 0.4) is 0 Å². The third-order valence-electron chi connectivity index (χ3n) is 1.76. The maximum Gasteiger partial charge on any atom is 0.120 e. The standard InChI is InChI=1S/C11H7IN2/c12-11-9(5-1-3-8-14-11)10-6-2-4-7-13-10/h1-7H. The van der Waals surface area contributed by atoms with Crippen LogP contribution in [-0.2, 0) is 0 Å². The van der Waals surface area contributed by atoms with Gasteiger partial charge >= 0.3 is 0 Å². The minimum absolute atomic E-state index is 0.909. The Morgan fingerprint density at radius 3 is 3.00 bits per heavy atom. The summed E-state index contributed by atoms with van der Waals surface area (Å²) in [4.78, 5) is 8.42. The Morgan fingerprint density at radius 2 is 2.21 bits per heavy atom. The zero-order chi connectivity index (χ0) is 9.80. The summed E-state index contributed by atoms with van der Waals surface area (Å²) in [6, 6.07) is 5.84. The first-order valence-electron chi connectivity index (χ1n) is 4.15. The number of hydrogen-bond donors (Lipinski definition) is 0. The molecule has 0 saturated heterocycles. The first kappa shape index (κ1) is 9.37. The maximum absolute atomic E-state index is 4.28. The van der Waals surface area contributed by atoms with E-state index in [1.165, 1.54) is 0 Å². The number of aromatic nitrogens is 1. The Kier molecular flexibility index (Phi) is 2.91. The van der Waals surface area contributed by atoms with Gasteiger partial charge in [-0.3, -0.25) is 4.98 Å². The Morgan fingerprint density at radius 1 is 1.29 bits per heavy atom. The lowest BCUT2D eigenvalue weighted by Gasteiger charge is -2.00. The smallest absolute Gasteiger partial charge is 0.120 e. The minimum atomic E-state index is 0.909. The van der Waals surface area contributed by atoms with Crippen LogP contribution in [-0.4, -0.2) is 10.9 Å². The number of allylic oxidation sites excluding steroid dienone is 4. The molecule has 1 aliphatic heterocycles. The lowest BCUT2D eigenvalue weighted by atomic mass is 10.2. The van der Waals surface area contributed by atoms with Crippen molar-refractivity contribution in [2.45, 2.75) is 0 Å². The predicted octanol–water partition coefficient (Wildman–Crippen LogP) is 2.98. The molecular formula is C11H7IN2. The predicted molar refractivity (Wildman–Crippen MR) is 66.3 cm³/mol. The molecule has 68 valence electrons. The van der Waals surface area contributed by atoms with Crippen LogP contribution in [0.2, 0.25) is 0 Å². The summed E-state index contributed by atoms with van der Waals surface area (Å²) in [5, 5.41) is 0. The highest BCUT2D eigenvalue weighted by atomic mass is 127. The Labute approximate surface area is 95.9 Å². The molecule has 0 bridgehead atoms. The van der Waals surface area contributed by atoms with E-state index in [0.717, 1.165) is 15.0 Å². The molecule has 1 aliphatic rings. The third-order valence-corrected chi connectivity index (χ3v) is 2.58. The van der Waals surface area contributed by atoms with Gasteiger partial charge in [-0.2, -0.15) is 4.99 Å². The fourth-order valence-corrected chi connectivity index (χ4v) is 1.72. The summed E-state index contributed by atoms with van der Waals surface area (Å²) in [5.74, 6) is 2.82. The number of nitrogens with zero attached hydrogens (tertiary/aromatic N) is 2. The van der Waals surface area contributed by atoms with Crippen molar-refractivity contribution in [3.8, 4) is 0 Å². The summed E-state index contributed by atoms with van der Waals surface area (Å²) in [6.45, 7) is 0. The molecule has 0 radical (unpaired) electrons. The molecule has 2 rings (SSSR count). The number of aliphatic imine (C=N–C) groups is 1. The van der Waals surface area contributed by atoms with Crippen molar-refractivity contribution in [1.29, 1.82) is 0 Å². The van der Waals surface area contributed by atoms with E-state index in [2.05, 4.69) is 38.4 Å². The highest BCUT2D eigenvalue weighted by Crippen LogP contribution is 2.24. The summed E-state index contributed by atoms with van der Waals surface area (Å²) in [7, 11) is 0. The maximum atomic E-state index is 4.28. The van der Waals surface area contributed by atoms with Crippen LogP contribution in [0.25, 0.3) is 5.57 Å². The van der Waals surface area contributed by atoms with Crippen LogP contribution in [0.5, 0.6) is 0 Å². The molecule has 0 spiro atoms. The van der Waals surface area contributed by atoms with Gasteiger partial charge in [0.1, 0.15) is 3.70 Å². The van der Waals surface area contributed by atoms with Crippen LogP contribution in [0.4, 0.5) is 0 Å². The highest BCUT2D eigenvalue weighted by molar-refractivity contribution is 14.1. The van der Waals surface area contributed by atoms with E-state index in [9.17, 15) is 0 Å². The molecular weight excluding hydrogens is 287 g/mol. The summed E-state index contributed by atoms with van der Waals surface area (Å²) >= 11 is 2.19. The van der Waals surface area contributed by atoms with Gasteiger partial charge in [0.2, 0.25) is 0 Å². The van der Waals surface area contributed by atoms with Crippen molar-refractivity contribution in [3.05, 3.63) is 52.0 Å². The van der Waals surface area contributed by atoms with E-state index in [0.29, 0.717) is 0 Å². The topological polar surface area (TPSA) is 25.2 Å². The summed E-state index contributed by atoms with van der Waals surface area (Å²) in [6.07, 6.45) is 7.48. The van der Waals surface area contributed by atoms with Gasteiger partial charge in [-0.05, 0) is 52.7 Å². The summed E-state index contributed by atoms with van der Waals surface area (Å²) in [5.41, 5.74) is 1.97. The molecule has 0 amide bonds. The monoisotopic (exact) mass is 294 g/mol. The van der Waals surface area contributed by atoms with E-state index in [-0.39, 0.29) is 0 Å². The number of halogens is 1. The average molecular weight is 294 g/mol. The van der Waals surface area contributed by atoms with E-state index in [1.807, 2.05) is 30.4 Å². The van der Waals surface area contributed by atoms with Crippen molar-refractivity contribution >= 4 is 34.0 Å². The first-order chi connectivity index (χ1) is 6.88. The molecule has 14 heavy (non-hydrogen) atoms. The van der Waals surface area contributed by atoms with E-state index >= 15 is 0 Å². The van der Waals surface area contributed by atoms with Gasteiger partial charge in [-0.25, -0.2) is 0 Å². The quantitative estimate of drug-likeness (QED) is 0.577. The van der Waals surface area contributed by atoms with Gasteiger partial charge in [0.25, 0.3) is 0 Å².